The smallest absolute Gasteiger partial charge is 0.343 e. The minimum atomic E-state index is -0.982. The molecule has 0 aliphatic heterocycles. The summed E-state index contributed by atoms with van der Waals surface area (Å²) >= 11 is 0. The highest BCUT2D eigenvalue weighted by Gasteiger charge is 2.26. The number of hydrogen-bond acceptors (Lipinski definition) is 9. The van der Waals surface area contributed by atoms with Crippen LogP contribution in [0.5, 0.6) is 5.88 Å². The highest BCUT2D eigenvalue weighted by molar-refractivity contribution is 5.88. The fraction of sp³-hybridized carbons (Fsp3) is 0.185. The summed E-state index contributed by atoms with van der Waals surface area (Å²) in [6.07, 6.45) is 0. The molecule has 0 spiro atoms. The molecule has 222 valence electrons. The Labute approximate surface area is 241 Å². The molecular formula is C27H25F2N9O5. The molecular weight excluding hydrogens is 568 g/mol. The standard InChI is InChI=1S/C27H25F2N9O5/c1-35(2)14-20-23-24(33-38(20)16-9-7-15(8-10-16)30-26(41)34-43-3)36(13-17-18(28)5-4-6-19(17)29)27(42)37(25(23)40)21-11-12-22(39)32-31-21/h4-12H,13-14H2,1-3H3,(H,32,39)(H2,30,34,41). The molecule has 0 fully saturated rings. The molecule has 5 rings (SSSR count). The number of carbonyl (C=O) groups is 1. The molecule has 0 aliphatic carbocycles. The first-order valence-corrected chi connectivity index (χ1v) is 12.7. The molecule has 3 heterocycles. The molecule has 0 bridgehead atoms. The van der Waals surface area contributed by atoms with E-state index in [1.54, 1.807) is 43.3 Å². The SMILES string of the molecule is CONC(=O)Nc1ccc(-n2nc3c(c2CN(C)C)c(=O)n(-c2ccc(O)nn2)c(=O)n3Cc2c(F)cccc2F)cc1. The lowest BCUT2D eigenvalue weighted by Crippen LogP contribution is -2.40. The number of aromatic hydroxyl groups is 1. The molecule has 0 saturated heterocycles. The van der Waals surface area contributed by atoms with Crippen molar-refractivity contribution in [2.24, 2.45) is 0 Å². The van der Waals surface area contributed by atoms with Crippen LogP contribution in [0.2, 0.25) is 0 Å². The maximum absolute atomic E-state index is 14.8. The van der Waals surface area contributed by atoms with Crippen molar-refractivity contribution in [1.29, 1.82) is 0 Å². The van der Waals surface area contributed by atoms with E-state index >= 15 is 0 Å². The molecule has 0 saturated carbocycles. The third-order valence-electron chi connectivity index (χ3n) is 6.33. The van der Waals surface area contributed by atoms with Crippen molar-refractivity contribution >= 4 is 22.8 Å². The number of benzene rings is 2. The van der Waals surface area contributed by atoms with Crippen LogP contribution in [-0.2, 0) is 17.9 Å². The summed E-state index contributed by atoms with van der Waals surface area (Å²) in [5.74, 6) is -2.44. The molecule has 3 aromatic heterocycles. The number of amides is 2. The van der Waals surface area contributed by atoms with Gasteiger partial charge < -0.3 is 15.3 Å². The maximum Gasteiger partial charge on any atom is 0.343 e. The number of urea groups is 1. The molecule has 0 radical (unpaired) electrons. The van der Waals surface area contributed by atoms with Gasteiger partial charge >= 0.3 is 11.7 Å². The Morgan fingerprint density at radius 1 is 1.02 bits per heavy atom. The first-order chi connectivity index (χ1) is 20.6. The van der Waals surface area contributed by atoms with E-state index in [-0.39, 0.29) is 23.4 Å². The normalized spacial score (nSPS) is 11.3. The molecule has 0 unspecified atom stereocenters. The van der Waals surface area contributed by atoms with Gasteiger partial charge in [0.25, 0.3) is 5.56 Å². The zero-order valence-corrected chi connectivity index (χ0v) is 23.1. The van der Waals surface area contributed by atoms with Gasteiger partial charge in [0.2, 0.25) is 5.88 Å². The van der Waals surface area contributed by atoms with E-state index in [0.29, 0.717) is 21.6 Å². The first kappa shape index (κ1) is 29.0. The van der Waals surface area contributed by atoms with Crippen molar-refractivity contribution in [1.82, 2.24) is 39.5 Å². The molecule has 0 atom stereocenters. The van der Waals surface area contributed by atoms with Crippen molar-refractivity contribution in [3.8, 4) is 17.4 Å². The highest BCUT2D eigenvalue weighted by Crippen LogP contribution is 2.23. The fourth-order valence-electron chi connectivity index (χ4n) is 4.48. The number of nitrogens with zero attached hydrogens (tertiary/aromatic N) is 7. The van der Waals surface area contributed by atoms with Crippen molar-refractivity contribution in [2.45, 2.75) is 13.1 Å². The van der Waals surface area contributed by atoms with Crippen LogP contribution in [0.4, 0.5) is 19.3 Å². The van der Waals surface area contributed by atoms with E-state index in [2.05, 4.69) is 30.9 Å². The second kappa shape index (κ2) is 11.8. The zero-order valence-electron chi connectivity index (χ0n) is 23.1. The average molecular weight is 594 g/mol. The van der Waals surface area contributed by atoms with E-state index in [9.17, 15) is 28.3 Å². The topological polar surface area (TPSA) is 161 Å². The van der Waals surface area contributed by atoms with Gasteiger partial charge in [-0.3, -0.25) is 14.2 Å². The predicted molar refractivity (Wildman–Crippen MR) is 150 cm³/mol. The molecule has 16 heteroatoms. The summed E-state index contributed by atoms with van der Waals surface area (Å²) in [7, 11) is 4.82. The number of nitrogens with one attached hydrogen (secondary N) is 2. The van der Waals surface area contributed by atoms with Crippen LogP contribution in [0.15, 0.2) is 64.2 Å². The molecule has 14 nitrogen and oxygen atoms in total. The number of anilines is 1. The quantitative estimate of drug-likeness (QED) is 0.228. The third kappa shape index (κ3) is 5.68. The first-order valence-electron chi connectivity index (χ1n) is 12.7. The van der Waals surface area contributed by atoms with Gasteiger partial charge in [0, 0.05) is 23.9 Å². The number of hydrogen-bond donors (Lipinski definition) is 3. The van der Waals surface area contributed by atoms with Gasteiger partial charge in [-0.05, 0) is 56.6 Å². The molecule has 43 heavy (non-hydrogen) atoms. The van der Waals surface area contributed by atoms with Crippen LogP contribution in [0.3, 0.4) is 0 Å². The summed E-state index contributed by atoms with van der Waals surface area (Å²) in [4.78, 5) is 46.0. The Kier molecular flexibility index (Phi) is 7.96. The van der Waals surface area contributed by atoms with Gasteiger partial charge in [-0.2, -0.15) is 0 Å². The largest absolute Gasteiger partial charge is 0.492 e. The second-order valence-corrected chi connectivity index (χ2v) is 9.56. The Morgan fingerprint density at radius 2 is 1.72 bits per heavy atom. The molecule has 3 N–H and O–H groups in total. The summed E-state index contributed by atoms with van der Waals surface area (Å²) in [5, 5.41) is 24.1. The minimum Gasteiger partial charge on any atom is -0.492 e. The van der Waals surface area contributed by atoms with Crippen LogP contribution < -0.4 is 22.0 Å². The summed E-state index contributed by atoms with van der Waals surface area (Å²) in [6.45, 7) is -0.439. The molecule has 0 aliphatic rings. The van der Waals surface area contributed by atoms with Gasteiger partial charge in [-0.15, -0.1) is 15.3 Å². The van der Waals surface area contributed by atoms with Crippen molar-refractivity contribution in [3.63, 3.8) is 0 Å². The van der Waals surface area contributed by atoms with E-state index in [1.807, 2.05) is 0 Å². The van der Waals surface area contributed by atoms with Gasteiger partial charge in [-0.25, -0.2) is 33.1 Å². The third-order valence-corrected chi connectivity index (χ3v) is 6.33. The number of fused-ring (bicyclic) bond motifs is 1. The summed E-state index contributed by atoms with van der Waals surface area (Å²) in [5.41, 5.74) is 1.04. The molecule has 5 aromatic rings. The number of hydroxylamine groups is 1. The molecule has 2 amide bonds. The zero-order chi connectivity index (χ0) is 30.8. The van der Waals surface area contributed by atoms with Gasteiger partial charge in [0.15, 0.2) is 11.5 Å². The minimum absolute atomic E-state index is 0.0124. The highest BCUT2D eigenvalue weighted by atomic mass is 19.1. The Balaban J connectivity index is 1.79. The van der Waals surface area contributed by atoms with Gasteiger partial charge in [0.1, 0.15) is 17.0 Å². The lowest BCUT2D eigenvalue weighted by atomic mass is 10.2. The van der Waals surface area contributed by atoms with Crippen LogP contribution in [0.1, 0.15) is 11.3 Å². The number of aromatic nitrogens is 6. The molecule has 2 aromatic carbocycles. The maximum atomic E-state index is 14.8. The van der Waals surface area contributed by atoms with Gasteiger partial charge in [-0.1, -0.05) is 6.07 Å². The number of rotatable bonds is 8. The summed E-state index contributed by atoms with van der Waals surface area (Å²) < 4.78 is 32.7. The summed E-state index contributed by atoms with van der Waals surface area (Å²) in [6, 6.07) is 11.5. The lowest BCUT2D eigenvalue weighted by Gasteiger charge is -2.14. The second-order valence-electron chi connectivity index (χ2n) is 9.56. The predicted octanol–water partition coefficient (Wildman–Crippen LogP) is 1.90. The monoisotopic (exact) mass is 593 g/mol. The Hall–Kier alpha value is -5.48. The number of halogens is 2. The Bertz CT molecular complexity index is 1910. The van der Waals surface area contributed by atoms with Crippen LogP contribution in [0.25, 0.3) is 22.5 Å². The van der Waals surface area contributed by atoms with E-state index in [0.717, 1.165) is 22.8 Å². The van der Waals surface area contributed by atoms with Crippen molar-refractivity contribution in [3.05, 3.63) is 98.3 Å². The van der Waals surface area contributed by atoms with Crippen molar-refractivity contribution in [2.75, 3.05) is 26.5 Å². The van der Waals surface area contributed by atoms with Crippen molar-refractivity contribution < 1.29 is 23.5 Å². The Morgan fingerprint density at radius 3 is 2.33 bits per heavy atom. The van der Waals surface area contributed by atoms with E-state index in [1.165, 1.54) is 23.9 Å². The van der Waals surface area contributed by atoms with Crippen LogP contribution in [-0.4, -0.2) is 66.4 Å². The van der Waals surface area contributed by atoms with E-state index in [4.69, 9.17) is 0 Å². The van der Waals surface area contributed by atoms with Gasteiger partial charge in [0.05, 0.1) is 25.0 Å². The van der Waals surface area contributed by atoms with E-state index < -0.39 is 46.9 Å². The fourth-order valence-corrected chi connectivity index (χ4v) is 4.48. The van der Waals surface area contributed by atoms with Crippen LogP contribution >= 0.6 is 0 Å². The number of carbonyl (C=O) groups excluding carboxylic acids is 1. The van der Waals surface area contributed by atoms with Crippen LogP contribution in [0, 0.1) is 11.6 Å². The average Bonchev–Trinajstić information content (AvgIpc) is 3.32. The lowest BCUT2D eigenvalue weighted by molar-refractivity contribution is 0.114.